The normalized spacial score (nSPS) is 16.0. The molecule has 0 spiro atoms. The van der Waals surface area contributed by atoms with E-state index in [1.54, 1.807) is 11.8 Å². The van der Waals surface area contributed by atoms with Crippen LogP contribution in [0.2, 0.25) is 0 Å². The van der Waals surface area contributed by atoms with Gasteiger partial charge in [0, 0.05) is 11.4 Å². The van der Waals surface area contributed by atoms with E-state index in [-0.39, 0.29) is 29.2 Å². The number of hydrogen-bond donors (Lipinski definition) is 1. The topological polar surface area (TPSA) is 58.6 Å². The molecule has 1 aliphatic rings. The standard InChI is InChI=1S/C27H28N2O3S/c1-27(2,3)20-11-15-22(16-12-20)29-25(31)18-33-26(29)19-9-13-21(14-10-19)28-24(30)17-32-23-7-5-4-6-8-23/h4-16,26H,17-18H2,1-3H3,(H,28,30)/t26-/m1/s1. The number of hydrogen-bond acceptors (Lipinski definition) is 4. The van der Waals surface area contributed by atoms with E-state index < -0.39 is 0 Å². The Kier molecular flexibility index (Phi) is 6.75. The average molecular weight is 461 g/mol. The molecule has 170 valence electrons. The van der Waals surface area contributed by atoms with E-state index in [2.05, 4.69) is 38.2 Å². The summed E-state index contributed by atoms with van der Waals surface area (Å²) in [7, 11) is 0. The predicted octanol–water partition coefficient (Wildman–Crippen LogP) is 5.78. The fourth-order valence-electron chi connectivity index (χ4n) is 3.67. The zero-order chi connectivity index (χ0) is 23.4. The summed E-state index contributed by atoms with van der Waals surface area (Å²) in [5.41, 5.74) is 3.91. The monoisotopic (exact) mass is 460 g/mol. The first-order valence-electron chi connectivity index (χ1n) is 10.9. The second kappa shape index (κ2) is 9.71. The molecule has 0 bridgehead atoms. The average Bonchev–Trinajstić information content (AvgIpc) is 3.20. The quantitative estimate of drug-likeness (QED) is 0.507. The lowest BCUT2D eigenvalue weighted by atomic mass is 9.87. The van der Waals surface area contributed by atoms with Gasteiger partial charge in [0.2, 0.25) is 5.91 Å². The third-order valence-electron chi connectivity index (χ3n) is 5.47. The first kappa shape index (κ1) is 22.9. The van der Waals surface area contributed by atoms with E-state index in [1.807, 2.05) is 71.6 Å². The Morgan fingerprint density at radius 1 is 1.00 bits per heavy atom. The third kappa shape index (κ3) is 5.57. The Morgan fingerprint density at radius 3 is 2.30 bits per heavy atom. The van der Waals surface area contributed by atoms with Crippen LogP contribution in [-0.4, -0.2) is 24.2 Å². The van der Waals surface area contributed by atoms with Crippen molar-refractivity contribution in [2.75, 3.05) is 22.6 Å². The highest BCUT2D eigenvalue weighted by Gasteiger charge is 2.34. The van der Waals surface area contributed by atoms with E-state index in [0.29, 0.717) is 17.2 Å². The number of benzene rings is 3. The smallest absolute Gasteiger partial charge is 0.262 e. The molecule has 1 saturated heterocycles. The van der Waals surface area contributed by atoms with Gasteiger partial charge >= 0.3 is 0 Å². The van der Waals surface area contributed by atoms with Crippen LogP contribution in [0.4, 0.5) is 11.4 Å². The number of rotatable bonds is 6. The van der Waals surface area contributed by atoms with Crippen molar-refractivity contribution in [2.24, 2.45) is 0 Å². The lowest BCUT2D eigenvalue weighted by Crippen LogP contribution is -2.28. The zero-order valence-corrected chi connectivity index (χ0v) is 19.9. The molecule has 0 unspecified atom stereocenters. The lowest BCUT2D eigenvalue weighted by Gasteiger charge is -2.26. The summed E-state index contributed by atoms with van der Waals surface area (Å²) in [6, 6.07) is 25.1. The van der Waals surface area contributed by atoms with Crippen molar-refractivity contribution in [1.29, 1.82) is 0 Å². The van der Waals surface area contributed by atoms with Gasteiger partial charge in [-0.2, -0.15) is 0 Å². The van der Waals surface area contributed by atoms with Crippen LogP contribution in [0.3, 0.4) is 0 Å². The number of carbonyl (C=O) groups is 2. The Bertz CT molecular complexity index is 1110. The van der Waals surface area contributed by atoms with Gasteiger partial charge in [0.15, 0.2) is 6.61 Å². The van der Waals surface area contributed by atoms with Gasteiger partial charge in [0.1, 0.15) is 11.1 Å². The van der Waals surface area contributed by atoms with Crippen LogP contribution in [0.15, 0.2) is 78.9 Å². The SMILES string of the molecule is CC(C)(C)c1ccc(N2C(=O)CS[C@@H]2c2ccc(NC(=O)COc3ccccc3)cc2)cc1. The maximum absolute atomic E-state index is 12.7. The summed E-state index contributed by atoms with van der Waals surface area (Å²) < 4.78 is 5.49. The molecule has 1 heterocycles. The van der Waals surface area contributed by atoms with Crippen molar-refractivity contribution < 1.29 is 14.3 Å². The number of carbonyl (C=O) groups excluding carboxylic acids is 2. The van der Waals surface area contributed by atoms with E-state index >= 15 is 0 Å². The molecule has 0 radical (unpaired) electrons. The molecule has 1 fully saturated rings. The van der Waals surface area contributed by atoms with Gasteiger partial charge in [0.05, 0.1) is 5.75 Å². The minimum Gasteiger partial charge on any atom is -0.484 e. The van der Waals surface area contributed by atoms with E-state index in [1.165, 1.54) is 5.56 Å². The highest BCUT2D eigenvalue weighted by atomic mass is 32.2. The summed E-state index contributed by atoms with van der Waals surface area (Å²) in [4.78, 5) is 26.7. The maximum atomic E-state index is 12.7. The van der Waals surface area contributed by atoms with Crippen molar-refractivity contribution in [3.8, 4) is 5.75 Å². The zero-order valence-electron chi connectivity index (χ0n) is 19.1. The van der Waals surface area contributed by atoms with Gasteiger partial charge in [-0.25, -0.2) is 0 Å². The predicted molar refractivity (Wildman–Crippen MR) is 135 cm³/mol. The summed E-state index contributed by atoms with van der Waals surface area (Å²) in [5.74, 6) is 0.976. The molecule has 4 rings (SSSR count). The fourth-order valence-corrected chi connectivity index (χ4v) is 4.84. The Labute approximate surface area is 199 Å². The maximum Gasteiger partial charge on any atom is 0.262 e. The molecule has 2 amide bonds. The highest BCUT2D eigenvalue weighted by Crippen LogP contribution is 2.42. The van der Waals surface area contributed by atoms with Crippen molar-refractivity contribution in [3.05, 3.63) is 90.0 Å². The van der Waals surface area contributed by atoms with Gasteiger partial charge in [-0.05, 0) is 52.9 Å². The number of ether oxygens (including phenoxy) is 1. The second-order valence-electron chi connectivity index (χ2n) is 9.00. The number of para-hydroxylation sites is 1. The van der Waals surface area contributed by atoms with Crippen molar-refractivity contribution in [3.63, 3.8) is 0 Å². The van der Waals surface area contributed by atoms with Crippen LogP contribution in [0.5, 0.6) is 5.75 Å². The van der Waals surface area contributed by atoms with Crippen molar-refractivity contribution in [1.82, 2.24) is 0 Å². The van der Waals surface area contributed by atoms with E-state index in [0.717, 1.165) is 11.3 Å². The molecule has 6 heteroatoms. The van der Waals surface area contributed by atoms with Crippen LogP contribution >= 0.6 is 11.8 Å². The van der Waals surface area contributed by atoms with Gasteiger partial charge in [-0.3, -0.25) is 14.5 Å². The Hall–Kier alpha value is -3.25. The lowest BCUT2D eigenvalue weighted by molar-refractivity contribution is -0.118. The molecule has 1 atom stereocenters. The highest BCUT2D eigenvalue weighted by molar-refractivity contribution is 8.00. The molecule has 0 saturated carbocycles. The minimum atomic E-state index is -0.224. The largest absolute Gasteiger partial charge is 0.484 e. The van der Waals surface area contributed by atoms with Crippen LogP contribution in [0, 0.1) is 0 Å². The number of thioether (sulfide) groups is 1. The number of anilines is 2. The van der Waals surface area contributed by atoms with Gasteiger partial charge in [0.25, 0.3) is 5.91 Å². The first-order chi connectivity index (χ1) is 15.8. The molecule has 5 nitrogen and oxygen atoms in total. The van der Waals surface area contributed by atoms with Gasteiger partial charge in [-0.1, -0.05) is 63.2 Å². The van der Waals surface area contributed by atoms with Gasteiger partial charge in [-0.15, -0.1) is 11.8 Å². The molecule has 0 aromatic heterocycles. The third-order valence-corrected chi connectivity index (χ3v) is 6.68. The van der Waals surface area contributed by atoms with Crippen molar-refractivity contribution >= 4 is 35.0 Å². The Morgan fingerprint density at radius 2 is 1.67 bits per heavy atom. The van der Waals surface area contributed by atoms with Gasteiger partial charge < -0.3 is 10.1 Å². The fraction of sp³-hybridized carbons (Fsp3) is 0.259. The molecule has 3 aromatic rings. The Balaban J connectivity index is 1.42. The van der Waals surface area contributed by atoms with Crippen LogP contribution < -0.4 is 15.0 Å². The molecule has 0 aliphatic carbocycles. The summed E-state index contributed by atoms with van der Waals surface area (Å²) in [5, 5.41) is 2.76. The van der Waals surface area contributed by atoms with Crippen LogP contribution in [-0.2, 0) is 15.0 Å². The molecule has 1 aliphatic heterocycles. The number of amides is 2. The molecule has 3 aromatic carbocycles. The molecular formula is C27H28N2O3S. The van der Waals surface area contributed by atoms with Crippen LogP contribution in [0.1, 0.15) is 37.3 Å². The molecular weight excluding hydrogens is 432 g/mol. The van der Waals surface area contributed by atoms with Crippen molar-refractivity contribution in [2.45, 2.75) is 31.6 Å². The molecule has 33 heavy (non-hydrogen) atoms. The minimum absolute atomic E-state index is 0.0585. The first-order valence-corrected chi connectivity index (χ1v) is 12.0. The van der Waals surface area contributed by atoms with E-state index in [9.17, 15) is 9.59 Å². The molecule has 1 N–H and O–H groups in total. The summed E-state index contributed by atoms with van der Waals surface area (Å²) >= 11 is 1.61. The van der Waals surface area contributed by atoms with Crippen LogP contribution in [0.25, 0.3) is 0 Å². The number of nitrogens with zero attached hydrogens (tertiary/aromatic N) is 1. The second-order valence-corrected chi connectivity index (χ2v) is 10.1. The summed E-state index contributed by atoms with van der Waals surface area (Å²) in [6.45, 7) is 6.47. The summed E-state index contributed by atoms with van der Waals surface area (Å²) in [6.07, 6.45) is 0. The van der Waals surface area contributed by atoms with E-state index in [4.69, 9.17) is 4.74 Å². The number of nitrogens with one attached hydrogen (secondary N) is 1.